The number of hydrogen-bond donors (Lipinski definition) is 1. The van der Waals surface area contributed by atoms with Crippen LogP contribution in [0, 0.1) is 0 Å². The fourth-order valence-electron chi connectivity index (χ4n) is 1.85. The van der Waals surface area contributed by atoms with E-state index < -0.39 is 6.10 Å². The Balaban J connectivity index is 2.08. The smallest absolute Gasteiger partial charge is 0.125 e. The van der Waals surface area contributed by atoms with E-state index in [1.807, 2.05) is 48.5 Å². The molecule has 0 radical (unpaired) electrons. The fraction of sp³-hybridized carbons (Fsp3) is 0.250. The number of aliphatic hydroxyl groups excluding tert-OH is 1. The summed E-state index contributed by atoms with van der Waals surface area (Å²) in [6.07, 6.45) is -0.491. The molecule has 0 spiro atoms. The van der Waals surface area contributed by atoms with Crippen molar-refractivity contribution in [1.29, 1.82) is 0 Å². The molecule has 2 aromatic carbocycles. The van der Waals surface area contributed by atoms with Crippen molar-refractivity contribution in [2.75, 3.05) is 7.11 Å². The summed E-state index contributed by atoms with van der Waals surface area (Å²) in [5.74, 6) is 1.55. The lowest BCUT2D eigenvalue weighted by Gasteiger charge is -2.11. The Morgan fingerprint density at radius 3 is 2.63 bits per heavy atom. The molecule has 0 aromatic heterocycles. The van der Waals surface area contributed by atoms with Crippen molar-refractivity contribution in [3.05, 3.63) is 59.7 Å². The van der Waals surface area contributed by atoms with Gasteiger partial charge < -0.3 is 14.6 Å². The second-order valence-corrected chi connectivity index (χ2v) is 4.35. The number of benzene rings is 2. The van der Waals surface area contributed by atoms with Crippen LogP contribution >= 0.6 is 0 Å². The van der Waals surface area contributed by atoms with Crippen molar-refractivity contribution in [2.24, 2.45) is 0 Å². The Morgan fingerprint density at radius 2 is 1.89 bits per heavy atom. The minimum atomic E-state index is -0.491. The Labute approximate surface area is 113 Å². The third kappa shape index (κ3) is 3.48. The van der Waals surface area contributed by atoms with Crippen molar-refractivity contribution >= 4 is 0 Å². The highest BCUT2D eigenvalue weighted by Gasteiger charge is 2.05. The second kappa shape index (κ2) is 6.25. The van der Waals surface area contributed by atoms with Crippen LogP contribution in [0.25, 0.3) is 0 Å². The molecule has 19 heavy (non-hydrogen) atoms. The average molecular weight is 258 g/mol. The van der Waals surface area contributed by atoms with Gasteiger partial charge in [-0.2, -0.15) is 0 Å². The van der Waals surface area contributed by atoms with Crippen LogP contribution in [-0.4, -0.2) is 12.2 Å². The van der Waals surface area contributed by atoms with Crippen LogP contribution in [0.15, 0.2) is 48.5 Å². The molecular formula is C16H18O3. The lowest BCUT2D eigenvalue weighted by Crippen LogP contribution is -1.99. The summed E-state index contributed by atoms with van der Waals surface area (Å²) in [4.78, 5) is 0. The molecule has 0 aliphatic rings. The molecule has 0 unspecified atom stereocenters. The standard InChI is InChI=1S/C16H18O3/c1-12(17)13-7-5-8-15(10-13)19-11-14-6-3-4-9-16(14)18-2/h3-10,12,17H,11H2,1-2H3/t12-/m1/s1. The van der Waals surface area contributed by atoms with Gasteiger partial charge in [0.25, 0.3) is 0 Å². The van der Waals surface area contributed by atoms with E-state index in [1.54, 1.807) is 14.0 Å². The Kier molecular flexibility index (Phi) is 4.42. The molecule has 100 valence electrons. The number of hydrogen-bond acceptors (Lipinski definition) is 3. The first-order chi connectivity index (χ1) is 9.20. The van der Waals surface area contributed by atoms with Crippen molar-refractivity contribution in [2.45, 2.75) is 19.6 Å². The van der Waals surface area contributed by atoms with Gasteiger partial charge in [-0.15, -0.1) is 0 Å². The monoisotopic (exact) mass is 258 g/mol. The number of ether oxygens (including phenoxy) is 2. The molecule has 3 nitrogen and oxygen atoms in total. The maximum absolute atomic E-state index is 9.54. The molecule has 0 aliphatic carbocycles. The predicted molar refractivity (Wildman–Crippen MR) is 74.4 cm³/mol. The van der Waals surface area contributed by atoms with Crippen LogP contribution < -0.4 is 9.47 Å². The molecule has 2 aromatic rings. The molecule has 1 N–H and O–H groups in total. The quantitative estimate of drug-likeness (QED) is 0.894. The number of rotatable bonds is 5. The van der Waals surface area contributed by atoms with Crippen LogP contribution in [-0.2, 0) is 6.61 Å². The van der Waals surface area contributed by atoms with E-state index in [1.165, 1.54) is 0 Å². The van der Waals surface area contributed by atoms with Crippen LogP contribution in [0.4, 0.5) is 0 Å². The summed E-state index contributed by atoms with van der Waals surface area (Å²) in [6.45, 7) is 2.17. The van der Waals surface area contributed by atoms with Gasteiger partial charge in [0.2, 0.25) is 0 Å². The summed E-state index contributed by atoms with van der Waals surface area (Å²) in [5, 5.41) is 9.54. The third-order valence-corrected chi connectivity index (χ3v) is 2.93. The number of methoxy groups -OCH3 is 1. The molecule has 1 atom stereocenters. The van der Waals surface area contributed by atoms with E-state index >= 15 is 0 Å². The largest absolute Gasteiger partial charge is 0.496 e. The molecular weight excluding hydrogens is 240 g/mol. The molecule has 0 aliphatic heterocycles. The van der Waals surface area contributed by atoms with Gasteiger partial charge in [-0.25, -0.2) is 0 Å². The van der Waals surface area contributed by atoms with Crippen LogP contribution in [0.2, 0.25) is 0 Å². The van der Waals surface area contributed by atoms with Crippen LogP contribution in [0.1, 0.15) is 24.2 Å². The molecule has 2 rings (SSSR count). The fourth-order valence-corrected chi connectivity index (χ4v) is 1.85. The molecule has 0 saturated carbocycles. The van der Waals surface area contributed by atoms with E-state index in [2.05, 4.69) is 0 Å². The maximum atomic E-state index is 9.54. The van der Waals surface area contributed by atoms with Crippen molar-refractivity contribution < 1.29 is 14.6 Å². The summed E-state index contributed by atoms with van der Waals surface area (Å²) < 4.78 is 11.0. The van der Waals surface area contributed by atoms with E-state index in [-0.39, 0.29) is 0 Å². The maximum Gasteiger partial charge on any atom is 0.125 e. The Bertz CT molecular complexity index is 535. The van der Waals surface area contributed by atoms with Gasteiger partial charge in [0.05, 0.1) is 13.2 Å². The van der Waals surface area contributed by atoms with Gasteiger partial charge in [0, 0.05) is 5.56 Å². The van der Waals surface area contributed by atoms with Gasteiger partial charge in [0.1, 0.15) is 18.1 Å². The van der Waals surface area contributed by atoms with E-state index in [0.29, 0.717) is 6.61 Å². The van der Waals surface area contributed by atoms with E-state index in [0.717, 1.165) is 22.6 Å². The highest BCUT2D eigenvalue weighted by atomic mass is 16.5. The normalized spacial score (nSPS) is 11.9. The molecule has 0 saturated heterocycles. The minimum Gasteiger partial charge on any atom is -0.496 e. The summed E-state index contributed by atoms with van der Waals surface area (Å²) in [7, 11) is 1.65. The van der Waals surface area contributed by atoms with Gasteiger partial charge >= 0.3 is 0 Å². The number of aliphatic hydroxyl groups is 1. The molecule has 0 fully saturated rings. The van der Waals surface area contributed by atoms with E-state index in [9.17, 15) is 5.11 Å². The minimum absolute atomic E-state index is 0.438. The molecule has 0 bridgehead atoms. The lowest BCUT2D eigenvalue weighted by atomic mass is 10.1. The first-order valence-corrected chi connectivity index (χ1v) is 6.23. The summed E-state index contributed by atoms with van der Waals surface area (Å²) >= 11 is 0. The topological polar surface area (TPSA) is 38.7 Å². The third-order valence-electron chi connectivity index (χ3n) is 2.93. The van der Waals surface area contributed by atoms with Crippen molar-refractivity contribution in [3.63, 3.8) is 0 Å². The highest BCUT2D eigenvalue weighted by Crippen LogP contribution is 2.22. The summed E-state index contributed by atoms with van der Waals surface area (Å²) in [5.41, 5.74) is 1.84. The average Bonchev–Trinajstić information content (AvgIpc) is 2.45. The van der Waals surface area contributed by atoms with Gasteiger partial charge in [-0.05, 0) is 30.7 Å². The molecule has 3 heteroatoms. The zero-order chi connectivity index (χ0) is 13.7. The second-order valence-electron chi connectivity index (χ2n) is 4.35. The summed E-state index contributed by atoms with van der Waals surface area (Å²) in [6, 6.07) is 15.2. The van der Waals surface area contributed by atoms with Crippen molar-refractivity contribution in [1.82, 2.24) is 0 Å². The van der Waals surface area contributed by atoms with Gasteiger partial charge in [-0.3, -0.25) is 0 Å². The number of para-hydroxylation sites is 1. The molecule has 0 heterocycles. The zero-order valence-corrected chi connectivity index (χ0v) is 11.2. The first kappa shape index (κ1) is 13.4. The van der Waals surface area contributed by atoms with Gasteiger partial charge in [0.15, 0.2) is 0 Å². The SMILES string of the molecule is COc1ccccc1COc1cccc([C@@H](C)O)c1. The van der Waals surface area contributed by atoms with Crippen molar-refractivity contribution in [3.8, 4) is 11.5 Å². The van der Waals surface area contributed by atoms with Gasteiger partial charge in [-0.1, -0.05) is 30.3 Å². The Morgan fingerprint density at radius 1 is 1.11 bits per heavy atom. The van der Waals surface area contributed by atoms with E-state index in [4.69, 9.17) is 9.47 Å². The highest BCUT2D eigenvalue weighted by molar-refractivity contribution is 5.34. The van der Waals surface area contributed by atoms with Crippen LogP contribution in [0.5, 0.6) is 11.5 Å². The Hall–Kier alpha value is -2.00. The predicted octanol–water partition coefficient (Wildman–Crippen LogP) is 3.33. The molecule has 0 amide bonds. The first-order valence-electron chi connectivity index (χ1n) is 6.23. The van der Waals surface area contributed by atoms with Crippen LogP contribution in [0.3, 0.4) is 0 Å². The zero-order valence-electron chi connectivity index (χ0n) is 11.2. The lowest BCUT2D eigenvalue weighted by molar-refractivity contribution is 0.198.